The number of rotatable bonds is 4. The van der Waals surface area contributed by atoms with Crippen LogP contribution in [0.25, 0.3) is 0 Å². The minimum Gasteiger partial charge on any atom is -0.493 e. The van der Waals surface area contributed by atoms with Gasteiger partial charge in [-0.15, -0.1) is 0 Å². The molecular formula is C14H20N2O. The van der Waals surface area contributed by atoms with Gasteiger partial charge in [0.25, 0.3) is 0 Å². The van der Waals surface area contributed by atoms with Gasteiger partial charge in [0.2, 0.25) is 0 Å². The second-order valence-electron chi connectivity index (χ2n) is 5.31. The van der Waals surface area contributed by atoms with E-state index in [1.807, 2.05) is 0 Å². The summed E-state index contributed by atoms with van der Waals surface area (Å²) in [4.78, 5) is 0. The molecular weight excluding hydrogens is 212 g/mol. The quantitative estimate of drug-likeness (QED) is 0.618. The van der Waals surface area contributed by atoms with E-state index in [1.165, 1.54) is 24.0 Å². The average Bonchev–Trinajstić information content (AvgIpc) is 3.09. The first kappa shape index (κ1) is 11.1. The van der Waals surface area contributed by atoms with E-state index in [0.29, 0.717) is 5.92 Å². The Hall–Kier alpha value is -1.06. The van der Waals surface area contributed by atoms with Crippen LogP contribution < -0.4 is 16.0 Å². The normalized spacial score (nSPS) is 21.8. The molecule has 0 aromatic heterocycles. The van der Waals surface area contributed by atoms with Crippen LogP contribution in [0.5, 0.6) is 5.75 Å². The standard InChI is InChI=1S/C14H20N2O/c1-9(10-2-3-10)14(16-15)12-4-5-13-11(8-12)6-7-17-13/h4-5,8-10,14,16H,2-3,6-7,15H2,1H3. The summed E-state index contributed by atoms with van der Waals surface area (Å²) in [5, 5.41) is 0. The Morgan fingerprint density at radius 1 is 1.41 bits per heavy atom. The highest BCUT2D eigenvalue weighted by atomic mass is 16.5. The molecule has 1 aromatic carbocycles. The lowest BCUT2D eigenvalue weighted by Crippen LogP contribution is -2.33. The molecule has 2 atom stereocenters. The smallest absolute Gasteiger partial charge is 0.122 e. The van der Waals surface area contributed by atoms with Crippen molar-refractivity contribution in [2.24, 2.45) is 17.7 Å². The van der Waals surface area contributed by atoms with Crippen LogP contribution in [0.4, 0.5) is 0 Å². The first-order chi connectivity index (χ1) is 8.29. The van der Waals surface area contributed by atoms with Crippen LogP contribution in [0.3, 0.4) is 0 Å². The van der Waals surface area contributed by atoms with E-state index in [9.17, 15) is 0 Å². The molecule has 1 saturated carbocycles. The Labute approximate surface area is 102 Å². The van der Waals surface area contributed by atoms with Gasteiger partial charge in [0.1, 0.15) is 5.75 Å². The summed E-state index contributed by atoms with van der Waals surface area (Å²) in [7, 11) is 0. The van der Waals surface area contributed by atoms with E-state index in [1.54, 1.807) is 0 Å². The summed E-state index contributed by atoms with van der Waals surface area (Å²) >= 11 is 0. The Bertz CT molecular complexity index is 415. The molecule has 3 rings (SSSR count). The highest BCUT2D eigenvalue weighted by Gasteiger charge is 2.33. The second-order valence-corrected chi connectivity index (χ2v) is 5.31. The monoisotopic (exact) mass is 232 g/mol. The van der Waals surface area contributed by atoms with Gasteiger partial charge in [-0.2, -0.15) is 0 Å². The summed E-state index contributed by atoms with van der Waals surface area (Å²) < 4.78 is 5.54. The molecule has 0 bridgehead atoms. The SMILES string of the molecule is CC(C1CC1)C(NN)c1ccc2c(c1)CCO2. The van der Waals surface area contributed by atoms with E-state index in [2.05, 4.69) is 30.5 Å². The fourth-order valence-electron chi connectivity index (χ4n) is 2.85. The Balaban J connectivity index is 1.85. The molecule has 0 radical (unpaired) electrons. The largest absolute Gasteiger partial charge is 0.493 e. The maximum Gasteiger partial charge on any atom is 0.122 e. The molecule has 3 N–H and O–H groups in total. The summed E-state index contributed by atoms with van der Waals surface area (Å²) in [6.07, 6.45) is 3.74. The summed E-state index contributed by atoms with van der Waals surface area (Å²) in [5.41, 5.74) is 5.62. The van der Waals surface area contributed by atoms with E-state index >= 15 is 0 Å². The van der Waals surface area contributed by atoms with E-state index in [-0.39, 0.29) is 6.04 Å². The number of hydrogen-bond donors (Lipinski definition) is 2. The van der Waals surface area contributed by atoms with Gasteiger partial charge in [-0.3, -0.25) is 11.3 Å². The fourth-order valence-corrected chi connectivity index (χ4v) is 2.85. The minimum atomic E-state index is 0.272. The topological polar surface area (TPSA) is 47.3 Å². The molecule has 3 heteroatoms. The third-order valence-corrected chi connectivity index (χ3v) is 4.14. The lowest BCUT2D eigenvalue weighted by Gasteiger charge is -2.24. The van der Waals surface area contributed by atoms with Gasteiger partial charge in [-0.05, 0) is 41.9 Å². The summed E-state index contributed by atoms with van der Waals surface area (Å²) in [6, 6.07) is 6.76. The average molecular weight is 232 g/mol. The van der Waals surface area contributed by atoms with Crippen LogP contribution in [0.1, 0.15) is 36.9 Å². The lowest BCUT2D eigenvalue weighted by atomic mass is 9.90. The highest BCUT2D eigenvalue weighted by molar-refractivity contribution is 5.41. The summed E-state index contributed by atoms with van der Waals surface area (Å²) in [5.74, 6) is 8.24. The zero-order valence-corrected chi connectivity index (χ0v) is 10.3. The molecule has 1 aliphatic carbocycles. The molecule has 1 aliphatic heterocycles. The molecule has 0 saturated heterocycles. The van der Waals surface area contributed by atoms with Crippen LogP contribution in [0, 0.1) is 11.8 Å². The van der Waals surface area contributed by atoms with Crippen molar-refractivity contribution in [3.05, 3.63) is 29.3 Å². The van der Waals surface area contributed by atoms with Crippen molar-refractivity contribution < 1.29 is 4.74 Å². The van der Waals surface area contributed by atoms with Gasteiger partial charge in [0.15, 0.2) is 0 Å². The van der Waals surface area contributed by atoms with Crippen LogP contribution in [-0.2, 0) is 6.42 Å². The Morgan fingerprint density at radius 3 is 2.94 bits per heavy atom. The van der Waals surface area contributed by atoms with Crippen molar-refractivity contribution in [3.8, 4) is 5.75 Å². The number of hydrazine groups is 1. The summed E-state index contributed by atoms with van der Waals surface area (Å²) in [6.45, 7) is 3.11. The first-order valence-corrected chi connectivity index (χ1v) is 6.51. The van der Waals surface area contributed by atoms with Gasteiger partial charge in [-0.1, -0.05) is 19.1 Å². The number of nitrogens with one attached hydrogen (secondary N) is 1. The molecule has 17 heavy (non-hydrogen) atoms. The van der Waals surface area contributed by atoms with Gasteiger partial charge in [0.05, 0.1) is 6.61 Å². The van der Waals surface area contributed by atoms with E-state index in [4.69, 9.17) is 10.6 Å². The molecule has 0 spiro atoms. The molecule has 92 valence electrons. The number of nitrogens with two attached hydrogens (primary N) is 1. The number of ether oxygens (including phenoxy) is 1. The van der Waals surface area contributed by atoms with Gasteiger partial charge in [-0.25, -0.2) is 0 Å². The first-order valence-electron chi connectivity index (χ1n) is 6.51. The molecule has 2 aliphatic rings. The van der Waals surface area contributed by atoms with Crippen LogP contribution in [-0.4, -0.2) is 6.61 Å². The fraction of sp³-hybridized carbons (Fsp3) is 0.571. The number of benzene rings is 1. The van der Waals surface area contributed by atoms with Crippen LogP contribution >= 0.6 is 0 Å². The van der Waals surface area contributed by atoms with Crippen LogP contribution in [0.15, 0.2) is 18.2 Å². The van der Waals surface area contributed by atoms with Crippen molar-refractivity contribution in [1.29, 1.82) is 0 Å². The molecule has 3 nitrogen and oxygen atoms in total. The van der Waals surface area contributed by atoms with Gasteiger partial charge in [0, 0.05) is 12.5 Å². The molecule has 0 amide bonds. The van der Waals surface area contributed by atoms with Crippen molar-refractivity contribution in [2.45, 2.75) is 32.2 Å². The van der Waals surface area contributed by atoms with Crippen LogP contribution in [0.2, 0.25) is 0 Å². The third-order valence-electron chi connectivity index (χ3n) is 4.14. The third kappa shape index (κ3) is 2.05. The van der Waals surface area contributed by atoms with Crippen molar-refractivity contribution in [2.75, 3.05) is 6.61 Å². The molecule has 1 aromatic rings. The number of hydrogen-bond acceptors (Lipinski definition) is 3. The minimum absolute atomic E-state index is 0.272. The molecule has 2 unspecified atom stereocenters. The van der Waals surface area contributed by atoms with Gasteiger partial charge >= 0.3 is 0 Å². The van der Waals surface area contributed by atoms with E-state index < -0.39 is 0 Å². The number of fused-ring (bicyclic) bond motifs is 1. The molecule has 1 fully saturated rings. The van der Waals surface area contributed by atoms with Crippen molar-refractivity contribution >= 4 is 0 Å². The zero-order chi connectivity index (χ0) is 11.8. The Kier molecular flexibility index (Phi) is 2.81. The predicted octanol–water partition coefficient (Wildman–Crippen LogP) is 2.17. The maximum atomic E-state index is 5.74. The second kappa shape index (κ2) is 4.31. The predicted molar refractivity (Wildman–Crippen MR) is 67.6 cm³/mol. The van der Waals surface area contributed by atoms with Gasteiger partial charge < -0.3 is 4.74 Å². The van der Waals surface area contributed by atoms with E-state index in [0.717, 1.165) is 24.7 Å². The highest BCUT2D eigenvalue weighted by Crippen LogP contribution is 2.43. The Morgan fingerprint density at radius 2 is 2.24 bits per heavy atom. The van der Waals surface area contributed by atoms with Crippen molar-refractivity contribution in [3.63, 3.8) is 0 Å². The maximum absolute atomic E-state index is 5.74. The lowest BCUT2D eigenvalue weighted by molar-refractivity contribution is 0.352. The van der Waals surface area contributed by atoms with Crippen molar-refractivity contribution in [1.82, 2.24) is 5.43 Å². The zero-order valence-electron chi connectivity index (χ0n) is 10.3. The molecule has 1 heterocycles.